The molecule has 1 aromatic heterocycles. The molecule has 0 atom stereocenters. The van der Waals surface area contributed by atoms with Crippen LogP contribution in [0.2, 0.25) is 0 Å². The third-order valence-corrected chi connectivity index (χ3v) is 3.79. The van der Waals surface area contributed by atoms with E-state index in [-0.39, 0.29) is 0 Å². The molecule has 3 aromatic rings. The van der Waals surface area contributed by atoms with Crippen molar-refractivity contribution in [2.45, 2.75) is 19.8 Å². The molecule has 4 heteroatoms. The van der Waals surface area contributed by atoms with Gasteiger partial charge in [-0.05, 0) is 43.3 Å². The number of hydrogen-bond acceptors (Lipinski definition) is 2. The van der Waals surface area contributed by atoms with Crippen molar-refractivity contribution in [1.82, 2.24) is 14.8 Å². The van der Waals surface area contributed by atoms with E-state index < -0.39 is 0 Å². The van der Waals surface area contributed by atoms with Gasteiger partial charge in [-0.2, -0.15) is 5.10 Å². The molecule has 0 spiro atoms. The number of nitrogens with one attached hydrogen (secondary N) is 1. The van der Waals surface area contributed by atoms with E-state index in [4.69, 9.17) is 12.2 Å². The van der Waals surface area contributed by atoms with E-state index >= 15 is 0 Å². The lowest BCUT2D eigenvalue weighted by atomic mass is 10.1. The molecule has 0 saturated carbocycles. The Bertz CT molecular complexity index is 770. The first kappa shape index (κ1) is 13.8. The van der Waals surface area contributed by atoms with Crippen molar-refractivity contribution < 1.29 is 0 Å². The van der Waals surface area contributed by atoms with Gasteiger partial charge in [0.25, 0.3) is 0 Å². The maximum absolute atomic E-state index is 5.35. The summed E-state index contributed by atoms with van der Waals surface area (Å²) in [5.41, 5.74) is 3.65. The summed E-state index contributed by atoms with van der Waals surface area (Å²) in [7, 11) is 0. The number of benzene rings is 2. The molecule has 0 fully saturated rings. The van der Waals surface area contributed by atoms with E-state index in [1.807, 2.05) is 34.9 Å². The molecule has 21 heavy (non-hydrogen) atoms. The van der Waals surface area contributed by atoms with Crippen LogP contribution in [0.15, 0.2) is 54.6 Å². The summed E-state index contributed by atoms with van der Waals surface area (Å²) in [6.45, 7) is 2.10. The topological polar surface area (TPSA) is 33.6 Å². The normalized spacial score (nSPS) is 10.7. The van der Waals surface area contributed by atoms with Gasteiger partial charge in [-0.15, -0.1) is 0 Å². The maximum Gasteiger partial charge on any atom is 0.199 e. The number of rotatable bonds is 4. The van der Waals surface area contributed by atoms with E-state index in [1.165, 1.54) is 11.1 Å². The molecule has 0 aliphatic carbocycles. The predicted molar refractivity (Wildman–Crippen MR) is 87.3 cm³/mol. The Balaban J connectivity index is 1.84. The summed E-state index contributed by atoms with van der Waals surface area (Å²) in [5, 5.41) is 7.27. The summed E-state index contributed by atoms with van der Waals surface area (Å²) in [6, 6.07) is 18.7. The molecule has 0 saturated heterocycles. The quantitative estimate of drug-likeness (QED) is 0.737. The highest BCUT2D eigenvalue weighted by atomic mass is 32.1. The molecule has 0 bridgehead atoms. The number of nitrogens with zero attached hydrogens (tertiary/aromatic N) is 2. The number of para-hydroxylation sites is 1. The first-order valence-electron chi connectivity index (χ1n) is 7.01. The van der Waals surface area contributed by atoms with Gasteiger partial charge in [0.2, 0.25) is 0 Å². The molecule has 0 aliphatic heterocycles. The lowest BCUT2D eigenvalue weighted by Crippen LogP contribution is -2.03. The minimum absolute atomic E-state index is 0.639. The molecule has 0 radical (unpaired) electrons. The molecule has 1 N–H and O–H groups in total. The first-order valence-corrected chi connectivity index (χ1v) is 7.42. The highest BCUT2D eigenvalue weighted by molar-refractivity contribution is 7.71. The lowest BCUT2D eigenvalue weighted by Gasteiger charge is -2.07. The fraction of sp³-hybridized carbons (Fsp3) is 0.176. The highest BCUT2D eigenvalue weighted by Crippen LogP contribution is 2.13. The van der Waals surface area contributed by atoms with Gasteiger partial charge < -0.3 is 0 Å². The molecule has 0 amide bonds. The van der Waals surface area contributed by atoms with Crippen molar-refractivity contribution in [2.24, 2.45) is 0 Å². The van der Waals surface area contributed by atoms with E-state index in [9.17, 15) is 0 Å². The number of aromatic nitrogens is 3. The highest BCUT2D eigenvalue weighted by Gasteiger charge is 2.08. The molecule has 2 aromatic carbocycles. The molecule has 3 rings (SSSR count). The van der Waals surface area contributed by atoms with E-state index in [0.717, 1.165) is 24.4 Å². The van der Waals surface area contributed by atoms with Crippen LogP contribution < -0.4 is 0 Å². The maximum atomic E-state index is 5.35. The van der Waals surface area contributed by atoms with Crippen molar-refractivity contribution in [3.05, 3.63) is 76.3 Å². The molecular weight excluding hydrogens is 278 g/mol. The Morgan fingerprint density at radius 1 is 1.00 bits per heavy atom. The van der Waals surface area contributed by atoms with Crippen LogP contribution in [0.25, 0.3) is 5.69 Å². The molecule has 0 aliphatic rings. The molecule has 106 valence electrons. The fourth-order valence-corrected chi connectivity index (χ4v) is 2.61. The van der Waals surface area contributed by atoms with Crippen molar-refractivity contribution in [2.75, 3.05) is 0 Å². The summed E-state index contributed by atoms with van der Waals surface area (Å²) in [5.74, 6) is 0.965. The predicted octanol–water partition coefficient (Wildman–Crippen LogP) is 4.02. The molecular formula is C17H17N3S. The minimum atomic E-state index is 0.639. The number of aryl methyl sites for hydroxylation is 3. The van der Waals surface area contributed by atoms with Crippen molar-refractivity contribution in [3.8, 4) is 5.69 Å². The number of H-pyrrole nitrogens is 1. The third kappa shape index (κ3) is 3.11. The van der Waals surface area contributed by atoms with Crippen molar-refractivity contribution in [3.63, 3.8) is 0 Å². The lowest BCUT2D eigenvalue weighted by molar-refractivity contribution is 0.819. The standard InChI is InChI=1S/C17H17N3S/c1-13-7-9-14(10-8-13)11-12-16-18-19-17(21)20(16)15-5-3-2-4-6-15/h2-10H,11-12H2,1H3,(H,19,21). The molecule has 0 unspecified atom stereocenters. The van der Waals surface area contributed by atoms with Gasteiger partial charge in [0.05, 0.1) is 0 Å². The Kier molecular flexibility index (Phi) is 3.97. The second-order valence-electron chi connectivity index (χ2n) is 5.10. The SMILES string of the molecule is Cc1ccc(CCc2n[nH]c(=S)n2-c2ccccc2)cc1. The molecule has 3 nitrogen and oxygen atoms in total. The second-order valence-corrected chi connectivity index (χ2v) is 5.49. The van der Waals surface area contributed by atoms with Crippen molar-refractivity contribution in [1.29, 1.82) is 0 Å². The summed E-state index contributed by atoms with van der Waals surface area (Å²) < 4.78 is 2.64. The second kappa shape index (κ2) is 6.06. The van der Waals surface area contributed by atoms with Gasteiger partial charge >= 0.3 is 0 Å². The van der Waals surface area contributed by atoms with Crippen LogP contribution in [0.4, 0.5) is 0 Å². The van der Waals surface area contributed by atoms with Crippen LogP contribution in [-0.2, 0) is 12.8 Å². The van der Waals surface area contributed by atoms with Gasteiger partial charge in [0, 0.05) is 12.1 Å². The van der Waals surface area contributed by atoms with Crippen molar-refractivity contribution >= 4 is 12.2 Å². The zero-order valence-corrected chi connectivity index (χ0v) is 12.7. The van der Waals surface area contributed by atoms with E-state index in [2.05, 4.69) is 41.4 Å². The van der Waals surface area contributed by atoms with Crippen LogP contribution in [0.1, 0.15) is 17.0 Å². The third-order valence-electron chi connectivity index (χ3n) is 3.51. The zero-order chi connectivity index (χ0) is 14.7. The fourth-order valence-electron chi connectivity index (χ4n) is 2.35. The average Bonchev–Trinajstić information content (AvgIpc) is 2.88. The van der Waals surface area contributed by atoms with Crippen LogP contribution in [-0.4, -0.2) is 14.8 Å². The van der Waals surface area contributed by atoms with Gasteiger partial charge in [-0.3, -0.25) is 9.67 Å². The Labute approximate surface area is 129 Å². The minimum Gasteiger partial charge on any atom is -0.272 e. The van der Waals surface area contributed by atoms with Gasteiger partial charge in [-0.25, -0.2) is 0 Å². The average molecular weight is 295 g/mol. The summed E-state index contributed by atoms with van der Waals surface area (Å²) in [6.07, 6.45) is 1.80. The summed E-state index contributed by atoms with van der Waals surface area (Å²) >= 11 is 5.35. The van der Waals surface area contributed by atoms with Crippen LogP contribution >= 0.6 is 12.2 Å². The van der Waals surface area contributed by atoms with Crippen LogP contribution in [0, 0.1) is 11.7 Å². The summed E-state index contributed by atoms with van der Waals surface area (Å²) in [4.78, 5) is 0. The smallest absolute Gasteiger partial charge is 0.199 e. The number of aromatic amines is 1. The van der Waals surface area contributed by atoms with Gasteiger partial charge in [-0.1, -0.05) is 48.0 Å². The van der Waals surface area contributed by atoms with E-state index in [1.54, 1.807) is 0 Å². The van der Waals surface area contributed by atoms with E-state index in [0.29, 0.717) is 4.77 Å². The largest absolute Gasteiger partial charge is 0.272 e. The first-order chi connectivity index (χ1) is 10.2. The molecule has 1 heterocycles. The Morgan fingerprint density at radius 3 is 2.43 bits per heavy atom. The van der Waals surface area contributed by atoms with Crippen LogP contribution in [0.3, 0.4) is 0 Å². The van der Waals surface area contributed by atoms with Gasteiger partial charge in [0.1, 0.15) is 5.82 Å². The monoisotopic (exact) mass is 295 g/mol. The zero-order valence-electron chi connectivity index (χ0n) is 11.9. The Morgan fingerprint density at radius 2 is 1.71 bits per heavy atom. The van der Waals surface area contributed by atoms with Crippen LogP contribution in [0.5, 0.6) is 0 Å². The Hall–Kier alpha value is -2.20. The van der Waals surface area contributed by atoms with Gasteiger partial charge in [0.15, 0.2) is 4.77 Å². The number of hydrogen-bond donors (Lipinski definition) is 1.